The van der Waals surface area contributed by atoms with E-state index in [2.05, 4.69) is 15.5 Å². The van der Waals surface area contributed by atoms with Crippen LogP contribution in [0, 0.1) is 13.8 Å². The van der Waals surface area contributed by atoms with Gasteiger partial charge in [-0.25, -0.2) is 4.39 Å². The van der Waals surface area contributed by atoms with E-state index in [4.69, 9.17) is 0 Å². The molecule has 0 aromatic carbocycles. The second-order valence-electron chi connectivity index (χ2n) is 4.36. The minimum atomic E-state index is -0.401. The zero-order chi connectivity index (χ0) is 13.1. The zero-order valence-electron chi connectivity index (χ0n) is 11.4. The first-order valence-corrected chi connectivity index (χ1v) is 5.93. The molecule has 0 saturated carbocycles. The predicted molar refractivity (Wildman–Crippen MR) is 75.5 cm³/mol. The summed E-state index contributed by atoms with van der Waals surface area (Å²) in [5.41, 5.74) is 3.28. The van der Waals surface area contributed by atoms with E-state index in [-0.39, 0.29) is 12.4 Å². The third-order valence-corrected chi connectivity index (χ3v) is 2.95. The van der Waals surface area contributed by atoms with Crippen LogP contribution in [0.1, 0.15) is 16.8 Å². The van der Waals surface area contributed by atoms with Crippen LogP contribution in [0.3, 0.4) is 0 Å². The van der Waals surface area contributed by atoms with Crippen LogP contribution in [0.15, 0.2) is 12.4 Å². The highest BCUT2D eigenvalue weighted by molar-refractivity contribution is 5.85. The Bertz CT molecular complexity index is 515. The highest BCUT2D eigenvalue weighted by atomic mass is 35.5. The van der Waals surface area contributed by atoms with Crippen molar-refractivity contribution in [3.8, 4) is 0 Å². The number of hydrogen-bond donors (Lipinski definition) is 1. The van der Waals surface area contributed by atoms with Gasteiger partial charge in [-0.15, -0.1) is 12.4 Å². The van der Waals surface area contributed by atoms with Crippen LogP contribution in [0.25, 0.3) is 0 Å². The Kier molecular flexibility index (Phi) is 5.35. The molecule has 2 rings (SSSR count). The Morgan fingerprint density at radius 2 is 2.05 bits per heavy atom. The molecule has 0 radical (unpaired) electrons. The Hall–Kier alpha value is -1.56. The predicted octanol–water partition coefficient (Wildman–Crippen LogP) is 2.24. The van der Waals surface area contributed by atoms with E-state index in [1.54, 1.807) is 4.68 Å². The van der Waals surface area contributed by atoms with Gasteiger partial charge in [0.2, 0.25) is 0 Å². The summed E-state index contributed by atoms with van der Waals surface area (Å²) in [5, 5.41) is 11.7. The summed E-state index contributed by atoms with van der Waals surface area (Å²) >= 11 is 0. The Morgan fingerprint density at radius 3 is 2.63 bits per heavy atom. The van der Waals surface area contributed by atoms with E-state index in [1.807, 2.05) is 38.0 Å². The second kappa shape index (κ2) is 6.56. The Morgan fingerprint density at radius 1 is 1.32 bits per heavy atom. The van der Waals surface area contributed by atoms with Crippen molar-refractivity contribution >= 4 is 18.2 Å². The lowest BCUT2D eigenvalue weighted by Crippen LogP contribution is -2.08. The number of anilines is 1. The number of rotatable bonds is 5. The summed E-state index contributed by atoms with van der Waals surface area (Å²) in [7, 11) is 1.92. The van der Waals surface area contributed by atoms with Crippen molar-refractivity contribution in [2.75, 3.05) is 12.0 Å². The lowest BCUT2D eigenvalue weighted by Gasteiger charge is -2.06. The van der Waals surface area contributed by atoms with Gasteiger partial charge < -0.3 is 5.32 Å². The quantitative estimate of drug-likeness (QED) is 0.917. The fourth-order valence-electron chi connectivity index (χ4n) is 1.89. The molecule has 0 aliphatic rings. The molecule has 0 aliphatic carbocycles. The van der Waals surface area contributed by atoms with E-state index in [9.17, 15) is 4.39 Å². The van der Waals surface area contributed by atoms with Crippen molar-refractivity contribution < 1.29 is 4.39 Å². The van der Waals surface area contributed by atoms with Gasteiger partial charge in [0.15, 0.2) is 5.82 Å². The molecular weight excluding hydrogens is 269 g/mol. The molecule has 106 valence electrons. The average molecular weight is 288 g/mol. The molecule has 2 aromatic rings. The van der Waals surface area contributed by atoms with E-state index in [0.717, 1.165) is 22.6 Å². The minimum Gasteiger partial charge on any atom is -0.363 e. The molecule has 0 amide bonds. The molecule has 5 nitrogen and oxygen atoms in total. The topological polar surface area (TPSA) is 47.7 Å². The molecule has 2 aromatic heterocycles. The molecule has 1 N–H and O–H groups in total. The van der Waals surface area contributed by atoms with Gasteiger partial charge in [0, 0.05) is 18.8 Å². The summed E-state index contributed by atoms with van der Waals surface area (Å²) in [6.07, 6.45) is 3.68. The maximum atomic E-state index is 12.2. The van der Waals surface area contributed by atoms with Crippen molar-refractivity contribution in [1.29, 1.82) is 0 Å². The van der Waals surface area contributed by atoms with E-state index >= 15 is 0 Å². The molecule has 0 spiro atoms. The third-order valence-electron chi connectivity index (χ3n) is 2.95. The molecule has 0 aliphatic heterocycles. The molecule has 0 saturated heterocycles. The summed E-state index contributed by atoms with van der Waals surface area (Å²) in [6, 6.07) is 0. The van der Waals surface area contributed by atoms with Crippen LogP contribution < -0.4 is 5.32 Å². The minimum absolute atomic E-state index is 0. The highest BCUT2D eigenvalue weighted by Crippen LogP contribution is 2.14. The van der Waals surface area contributed by atoms with Crippen LogP contribution in [0.4, 0.5) is 10.2 Å². The normalized spacial score (nSPS) is 10.3. The van der Waals surface area contributed by atoms with E-state index in [0.29, 0.717) is 13.1 Å². The van der Waals surface area contributed by atoms with Gasteiger partial charge in [-0.2, -0.15) is 10.2 Å². The summed E-state index contributed by atoms with van der Waals surface area (Å²) in [6.45, 7) is 4.54. The van der Waals surface area contributed by atoms with Crippen molar-refractivity contribution in [3.63, 3.8) is 0 Å². The lowest BCUT2D eigenvalue weighted by atomic mass is 10.2. The largest absolute Gasteiger partial charge is 0.363 e. The van der Waals surface area contributed by atoms with Crippen molar-refractivity contribution in [2.45, 2.75) is 26.9 Å². The van der Waals surface area contributed by atoms with Crippen molar-refractivity contribution in [3.05, 3.63) is 29.2 Å². The van der Waals surface area contributed by atoms with Crippen molar-refractivity contribution in [2.24, 2.45) is 7.05 Å². The van der Waals surface area contributed by atoms with Crippen molar-refractivity contribution in [1.82, 2.24) is 19.6 Å². The number of nitrogens with one attached hydrogen (secondary N) is 1. The molecule has 2 heterocycles. The number of aryl methyl sites for hydroxylation is 4. The van der Waals surface area contributed by atoms with Crippen LogP contribution in [0.5, 0.6) is 0 Å². The van der Waals surface area contributed by atoms with Crippen LogP contribution in [-0.4, -0.2) is 26.2 Å². The standard InChI is InChI=1S/C12H18FN5.ClH/c1-9-6-15-17(3)11(9)7-14-12-10(2)8-18(16-12)5-4-13;/h6,8H,4-5,7H2,1-3H3,(H,14,16);1H. The van der Waals surface area contributed by atoms with Gasteiger partial charge in [0.05, 0.1) is 25.0 Å². The molecular formula is C12H19ClFN5. The lowest BCUT2D eigenvalue weighted by molar-refractivity contribution is 0.427. The molecule has 19 heavy (non-hydrogen) atoms. The maximum Gasteiger partial charge on any atom is 0.151 e. The van der Waals surface area contributed by atoms with Gasteiger partial charge in [0.1, 0.15) is 6.67 Å². The first-order valence-electron chi connectivity index (χ1n) is 5.93. The summed E-state index contributed by atoms with van der Waals surface area (Å²) in [4.78, 5) is 0. The number of alkyl halides is 1. The smallest absolute Gasteiger partial charge is 0.151 e. The number of aromatic nitrogens is 4. The van der Waals surface area contributed by atoms with Crippen LogP contribution in [0.2, 0.25) is 0 Å². The third kappa shape index (κ3) is 3.47. The average Bonchev–Trinajstić information content (AvgIpc) is 2.82. The van der Waals surface area contributed by atoms with Crippen LogP contribution >= 0.6 is 12.4 Å². The van der Waals surface area contributed by atoms with Gasteiger partial charge in [-0.1, -0.05) is 0 Å². The second-order valence-corrected chi connectivity index (χ2v) is 4.36. The van der Waals surface area contributed by atoms with E-state index < -0.39 is 6.67 Å². The SMILES string of the molecule is Cc1cn(CCF)nc1NCc1c(C)cnn1C.Cl. The molecule has 0 unspecified atom stereocenters. The van der Waals surface area contributed by atoms with Gasteiger partial charge in [0.25, 0.3) is 0 Å². The highest BCUT2D eigenvalue weighted by Gasteiger charge is 2.08. The fraction of sp³-hybridized carbons (Fsp3) is 0.500. The maximum absolute atomic E-state index is 12.2. The summed E-state index contributed by atoms with van der Waals surface area (Å²) in [5.74, 6) is 0.795. The zero-order valence-corrected chi connectivity index (χ0v) is 12.2. The summed E-state index contributed by atoms with van der Waals surface area (Å²) < 4.78 is 15.7. The fourth-order valence-corrected chi connectivity index (χ4v) is 1.89. The molecule has 7 heteroatoms. The molecule has 0 atom stereocenters. The number of halogens is 2. The molecule has 0 fully saturated rings. The molecule has 0 bridgehead atoms. The first kappa shape index (κ1) is 15.5. The first-order chi connectivity index (χ1) is 8.61. The van der Waals surface area contributed by atoms with E-state index in [1.165, 1.54) is 0 Å². The Labute approximate surface area is 118 Å². The van der Waals surface area contributed by atoms with Gasteiger partial charge >= 0.3 is 0 Å². The Balaban J connectivity index is 0.00000180. The van der Waals surface area contributed by atoms with Gasteiger partial charge in [-0.3, -0.25) is 9.36 Å². The monoisotopic (exact) mass is 287 g/mol. The van der Waals surface area contributed by atoms with Gasteiger partial charge in [-0.05, 0) is 19.4 Å². The van der Waals surface area contributed by atoms with Crippen LogP contribution in [-0.2, 0) is 20.1 Å². The number of nitrogens with zero attached hydrogens (tertiary/aromatic N) is 4. The number of hydrogen-bond acceptors (Lipinski definition) is 3.